The van der Waals surface area contributed by atoms with Gasteiger partial charge >= 0.3 is 0 Å². The van der Waals surface area contributed by atoms with Gasteiger partial charge in [0.15, 0.2) is 0 Å². The average Bonchev–Trinajstić information content (AvgIpc) is 3.11. The van der Waals surface area contributed by atoms with Crippen LogP contribution in [-0.2, 0) is 0 Å². The Hall–Kier alpha value is -2.04. The number of carbonyl (C=O) groups excluding carboxylic acids is 1. The van der Waals surface area contributed by atoms with Crippen LogP contribution in [0.3, 0.4) is 0 Å². The van der Waals surface area contributed by atoms with Gasteiger partial charge in [0.1, 0.15) is 5.69 Å². The van der Waals surface area contributed by atoms with Gasteiger partial charge in [-0.2, -0.15) is 5.10 Å². The fourth-order valence-corrected chi connectivity index (χ4v) is 2.54. The third kappa shape index (κ3) is 2.03. The Morgan fingerprint density at radius 3 is 3.11 bits per heavy atom. The Bertz CT molecular complexity index is 503. The molecule has 0 saturated carbocycles. The summed E-state index contributed by atoms with van der Waals surface area (Å²) in [7, 11) is 0. The molecule has 1 amide bonds. The van der Waals surface area contributed by atoms with Crippen molar-refractivity contribution in [3.05, 3.63) is 42.0 Å². The molecule has 3 rings (SSSR count). The van der Waals surface area contributed by atoms with Crippen molar-refractivity contribution in [3.8, 4) is 0 Å². The molecule has 0 spiro atoms. The molecule has 1 fully saturated rings. The predicted octanol–water partition coefficient (Wildman–Crippen LogP) is 1.76. The molecule has 0 radical (unpaired) electrons. The van der Waals surface area contributed by atoms with Gasteiger partial charge in [0.2, 0.25) is 0 Å². The van der Waals surface area contributed by atoms with Crippen LogP contribution < -0.4 is 0 Å². The topological polar surface area (TPSA) is 64.8 Å². The van der Waals surface area contributed by atoms with Crippen molar-refractivity contribution in [2.45, 2.75) is 18.8 Å². The van der Waals surface area contributed by atoms with Crippen molar-refractivity contribution in [2.75, 3.05) is 13.1 Å². The molecule has 1 unspecified atom stereocenters. The summed E-state index contributed by atoms with van der Waals surface area (Å²) in [6.07, 6.45) is 5.69. The minimum Gasteiger partial charge on any atom is -0.357 e. The van der Waals surface area contributed by atoms with Crippen LogP contribution in [0.4, 0.5) is 0 Å². The molecule has 0 aromatic carbocycles. The van der Waals surface area contributed by atoms with Gasteiger partial charge < -0.3 is 9.88 Å². The number of likely N-dealkylation sites (tertiary alicyclic amines) is 1. The van der Waals surface area contributed by atoms with E-state index in [-0.39, 0.29) is 5.91 Å². The number of rotatable bonds is 2. The molecular formula is C13H16N4O. The van der Waals surface area contributed by atoms with E-state index in [1.165, 1.54) is 0 Å². The maximum atomic E-state index is 12.2. The van der Waals surface area contributed by atoms with Gasteiger partial charge in [0, 0.05) is 37.1 Å². The van der Waals surface area contributed by atoms with Crippen molar-refractivity contribution >= 4 is 5.91 Å². The highest BCUT2D eigenvalue weighted by molar-refractivity contribution is 5.92. The minimum atomic E-state index is 0.0872. The van der Waals surface area contributed by atoms with Crippen molar-refractivity contribution in [1.82, 2.24) is 20.1 Å². The molecule has 94 valence electrons. The zero-order valence-electron chi connectivity index (χ0n) is 10.1. The zero-order valence-corrected chi connectivity index (χ0v) is 10.1. The van der Waals surface area contributed by atoms with E-state index >= 15 is 0 Å². The zero-order chi connectivity index (χ0) is 12.4. The minimum absolute atomic E-state index is 0.0872. The van der Waals surface area contributed by atoms with Crippen LogP contribution in [-0.4, -0.2) is 39.1 Å². The lowest BCUT2D eigenvalue weighted by atomic mass is 9.95. The second-order valence-electron chi connectivity index (χ2n) is 4.69. The smallest absolute Gasteiger partial charge is 0.270 e. The number of H-pyrrole nitrogens is 2. The maximum Gasteiger partial charge on any atom is 0.270 e. The molecular weight excluding hydrogens is 228 g/mol. The normalized spacial score (nSPS) is 20.0. The molecule has 1 aliphatic rings. The number of amides is 1. The van der Waals surface area contributed by atoms with E-state index in [0.29, 0.717) is 11.6 Å². The molecule has 2 N–H and O–H groups in total. The Morgan fingerprint density at radius 2 is 2.39 bits per heavy atom. The van der Waals surface area contributed by atoms with Gasteiger partial charge in [0.05, 0.1) is 0 Å². The highest BCUT2D eigenvalue weighted by atomic mass is 16.2. The number of hydrogen-bond donors (Lipinski definition) is 2. The van der Waals surface area contributed by atoms with E-state index in [0.717, 1.165) is 31.6 Å². The summed E-state index contributed by atoms with van der Waals surface area (Å²) in [6.45, 7) is 1.60. The third-order valence-corrected chi connectivity index (χ3v) is 3.50. The van der Waals surface area contributed by atoms with Gasteiger partial charge in [-0.15, -0.1) is 0 Å². The first-order valence-corrected chi connectivity index (χ1v) is 6.26. The molecule has 1 aliphatic heterocycles. The highest BCUT2D eigenvalue weighted by Crippen LogP contribution is 2.25. The van der Waals surface area contributed by atoms with Crippen molar-refractivity contribution in [3.63, 3.8) is 0 Å². The number of nitrogens with zero attached hydrogens (tertiary/aromatic N) is 2. The lowest BCUT2D eigenvalue weighted by Crippen LogP contribution is -2.39. The SMILES string of the molecule is O=C(c1ccc[nH]1)N1CCCC(c2ccn[nH]2)C1. The van der Waals surface area contributed by atoms with Crippen LogP contribution in [0.15, 0.2) is 30.6 Å². The first-order valence-electron chi connectivity index (χ1n) is 6.26. The number of hydrogen-bond acceptors (Lipinski definition) is 2. The summed E-state index contributed by atoms with van der Waals surface area (Å²) in [4.78, 5) is 17.1. The summed E-state index contributed by atoms with van der Waals surface area (Å²) in [5.74, 6) is 0.462. The van der Waals surface area contributed by atoms with Gasteiger partial charge in [-0.25, -0.2) is 0 Å². The van der Waals surface area contributed by atoms with E-state index in [4.69, 9.17) is 0 Å². The lowest BCUT2D eigenvalue weighted by molar-refractivity contribution is 0.0700. The molecule has 5 heteroatoms. The maximum absolute atomic E-state index is 12.2. The van der Waals surface area contributed by atoms with Gasteiger partial charge in [-0.05, 0) is 31.0 Å². The highest BCUT2D eigenvalue weighted by Gasteiger charge is 2.26. The second kappa shape index (κ2) is 4.68. The molecule has 2 aromatic rings. The standard InChI is InChI=1S/C13H16N4O/c18-13(12-4-1-6-14-12)17-8-2-3-10(9-17)11-5-7-15-16-11/h1,4-7,10,14H,2-3,8-9H2,(H,15,16). The summed E-state index contributed by atoms with van der Waals surface area (Å²) < 4.78 is 0. The number of piperidine rings is 1. The van der Waals surface area contributed by atoms with Crippen molar-refractivity contribution < 1.29 is 4.79 Å². The van der Waals surface area contributed by atoms with E-state index < -0.39 is 0 Å². The van der Waals surface area contributed by atoms with Crippen molar-refractivity contribution in [1.29, 1.82) is 0 Å². The molecule has 0 aliphatic carbocycles. The largest absolute Gasteiger partial charge is 0.357 e. The van der Waals surface area contributed by atoms with E-state index in [1.54, 1.807) is 12.4 Å². The summed E-state index contributed by atoms with van der Waals surface area (Å²) in [5, 5.41) is 6.99. The molecule has 3 heterocycles. The number of nitrogens with one attached hydrogen (secondary N) is 2. The quantitative estimate of drug-likeness (QED) is 0.845. The fraction of sp³-hybridized carbons (Fsp3) is 0.385. The van der Waals surface area contributed by atoms with Crippen molar-refractivity contribution in [2.24, 2.45) is 0 Å². The Kier molecular flexibility index (Phi) is 2.88. The number of carbonyl (C=O) groups is 1. The van der Waals surface area contributed by atoms with Crippen LogP contribution in [0, 0.1) is 0 Å². The van der Waals surface area contributed by atoms with Gasteiger partial charge in [0.25, 0.3) is 5.91 Å². The number of aromatic amines is 2. The van der Waals surface area contributed by atoms with Crippen LogP contribution in [0.25, 0.3) is 0 Å². The first-order chi connectivity index (χ1) is 8.84. The molecule has 0 bridgehead atoms. The first kappa shape index (κ1) is 11.1. The second-order valence-corrected chi connectivity index (χ2v) is 4.69. The summed E-state index contributed by atoms with van der Waals surface area (Å²) in [5.41, 5.74) is 1.79. The summed E-state index contributed by atoms with van der Waals surface area (Å²) in [6, 6.07) is 5.67. The fourth-order valence-electron chi connectivity index (χ4n) is 2.54. The molecule has 5 nitrogen and oxygen atoms in total. The van der Waals surface area contributed by atoms with Crippen LogP contribution >= 0.6 is 0 Å². The Labute approximate surface area is 105 Å². The molecule has 1 saturated heterocycles. The number of aromatic nitrogens is 3. The average molecular weight is 244 g/mol. The van der Waals surface area contributed by atoms with Crippen LogP contribution in [0.5, 0.6) is 0 Å². The van der Waals surface area contributed by atoms with E-state index in [9.17, 15) is 4.79 Å². The molecule has 18 heavy (non-hydrogen) atoms. The Morgan fingerprint density at radius 1 is 1.44 bits per heavy atom. The predicted molar refractivity (Wildman–Crippen MR) is 67.3 cm³/mol. The lowest BCUT2D eigenvalue weighted by Gasteiger charge is -2.31. The summed E-state index contributed by atoms with van der Waals surface area (Å²) >= 11 is 0. The molecule has 1 atom stereocenters. The van der Waals surface area contributed by atoms with Gasteiger partial charge in [-0.1, -0.05) is 0 Å². The monoisotopic (exact) mass is 244 g/mol. The van der Waals surface area contributed by atoms with Crippen LogP contribution in [0.1, 0.15) is 34.9 Å². The Balaban J connectivity index is 1.73. The molecule has 2 aromatic heterocycles. The van der Waals surface area contributed by atoms with E-state index in [2.05, 4.69) is 15.2 Å². The van der Waals surface area contributed by atoms with Gasteiger partial charge in [-0.3, -0.25) is 9.89 Å². The van der Waals surface area contributed by atoms with Crippen LogP contribution in [0.2, 0.25) is 0 Å². The van der Waals surface area contributed by atoms with E-state index in [1.807, 2.05) is 23.1 Å². The third-order valence-electron chi connectivity index (χ3n) is 3.50.